The van der Waals surface area contributed by atoms with Gasteiger partial charge in [-0.1, -0.05) is 0 Å². The summed E-state index contributed by atoms with van der Waals surface area (Å²) in [7, 11) is 1.68. The van der Waals surface area contributed by atoms with Crippen LogP contribution in [0.4, 0.5) is 5.82 Å². The topological polar surface area (TPSA) is 93.5 Å². The predicted molar refractivity (Wildman–Crippen MR) is 77.8 cm³/mol. The maximum absolute atomic E-state index is 5.09. The maximum atomic E-state index is 5.09. The molecule has 8 nitrogen and oxygen atoms in total. The van der Waals surface area contributed by atoms with Crippen molar-refractivity contribution in [3.8, 4) is 0 Å². The third kappa shape index (κ3) is 2.70. The van der Waals surface area contributed by atoms with E-state index in [2.05, 4.69) is 30.5 Å². The number of methoxy groups -OCH3 is 1. The van der Waals surface area contributed by atoms with E-state index in [1.807, 2.05) is 23.8 Å². The number of aromatic amines is 1. The van der Waals surface area contributed by atoms with Gasteiger partial charge in [0.25, 0.3) is 0 Å². The average molecular weight is 287 g/mol. The van der Waals surface area contributed by atoms with E-state index in [1.54, 1.807) is 19.8 Å². The van der Waals surface area contributed by atoms with E-state index in [4.69, 9.17) is 4.74 Å². The van der Waals surface area contributed by atoms with Crippen molar-refractivity contribution < 1.29 is 4.74 Å². The molecule has 0 fully saturated rings. The molecular weight excluding hydrogens is 270 g/mol. The molecule has 3 aromatic rings. The maximum Gasteiger partial charge on any atom is 0.155 e. The van der Waals surface area contributed by atoms with E-state index < -0.39 is 0 Å². The third-order valence-corrected chi connectivity index (χ3v) is 3.27. The van der Waals surface area contributed by atoms with Gasteiger partial charge in [0, 0.05) is 19.9 Å². The second kappa shape index (κ2) is 5.88. The Kier molecular flexibility index (Phi) is 3.78. The second-order valence-electron chi connectivity index (χ2n) is 4.70. The molecule has 3 heterocycles. The van der Waals surface area contributed by atoms with Crippen molar-refractivity contribution in [3.05, 3.63) is 30.7 Å². The Morgan fingerprint density at radius 1 is 1.43 bits per heavy atom. The van der Waals surface area contributed by atoms with Crippen molar-refractivity contribution in [2.24, 2.45) is 0 Å². The Bertz CT molecular complexity index is 720. The van der Waals surface area contributed by atoms with Crippen LogP contribution in [0.25, 0.3) is 11.0 Å². The van der Waals surface area contributed by atoms with E-state index in [0.29, 0.717) is 13.2 Å². The fraction of sp³-hybridized carbons (Fsp3) is 0.385. The van der Waals surface area contributed by atoms with Crippen molar-refractivity contribution in [2.45, 2.75) is 19.5 Å². The molecule has 0 aliphatic rings. The zero-order valence-corrected chi connectivity index (χ0v) is 11.9. The molecule has 0 aliphatic carbocycles. The van der Waals surface area contributed by atoms with Gasteiger partial charge in [-0.3, -0.25) is 0 Å². The highest BCUT2D eigenvalue weighted by Gasteiger charge is 2.15. The fourth-order valence-corrected chi connectivity index (χ4v) is 2.21. The second-order valence-corrected chi connectivity index (χ2v) is 4.70. The number of nitrogens with zero attached hydrogens (tertiary/aromatic N) is 5. The van der Waals surface area contributed by atoms with Crippen molar-refractivity contribution >= 4 is 16.9 Å². The van der Waals surface area contributed by atoms with Gasteiger partial charge >= 0.3 is 0 Å². The lowest BCUT2D eigenvalue weighted by Gasteiger charge is -2.15. The van der Waals surface area contributed by atoms with Crippen LogP contribution >= 0.6 is 0 Å². The van der Waals surface area contributed by atoms with E-state index >= 15 is 0 Å². The van der Waals surface area contributed by atoms with E-state index in [0.717, 1.165) is 22.7 Å². The van der Waals surface area contributed by atoms with Crippen LogP contribution in [0.1, 0.15) is 18.8 Å². The number of H-pyrrole nitrogens is 1. The number of anilines is 1. The largest absolute Gasteiger partial charge is 0.383 e. The highest BCUT2D eigenvalue weighted by atomic mass is 16.5. The smallest absolute Gasteiger partial charge is 0.155 e. The summed E-state index contributed by atoms with van der Waals surface area (Å²) in [5.41, 5.74) is 1.76. The first-order valence-electron chi connectivity index (χ1n) is 6.71. The molecule has 110 valence electrons. The van der Waals surface area contributed by atoms with Crippen LogP contribution in [0.2, 0.25) is 0 Å². The number of hydrogen-bond donors (Lipinski definition) is 2. The van der Waals surface area contributed by atoms with Gasteiger partial charge in [-0.2, -0.15) is 0 Å². The Morgan fingerprint density at radius 3 is 3.19 bits per heavy atom. The first-order chi connectivity index (χ1) is 10.3. The Hall–Kier alpha value is -2.48. The first kappa shape index (κ1) is 13.5. The minimum Gasteiger partial charge on any atom is -0.383 e. The van der Waals surface area contributed by atoms with Crippen LogP contribution in [-0.2, 0) is 11.3 Å². The lowest BCUT2D eigenvalue weighted by atomic mass is 10.3. The highest BCUT2D eigenvalue weighted by Crippen LogP contribution is 2.21. The Labute approximate surface area is 121 Å². The number of nitrogens with one attached hydrogen (secondary N) is 2. The van der Waals surface area contributed by atoms with Gasteiger partial charge in [0.1, 0.15) is 18.2 Å². The number of aromatic nitrogens is 6. The zero-order chi connectivity index (χ0) is 14.7. The number of ether oxygens (including phenoxy) is 1. The zero-order valence-electron chi connectivity index (χ0n) is 11.9. The summed E-state index contributed by atoms with van der Waals surface area (Å²) in [6.45, 7) is 3.35. The number of hydrogen-bond acceptors (Lipinski definition) is 6. The SMILES string of the molecule is COCCn1cnnc1C(C)Nc1ncnc2cc[nH]c12. The van der Waals surface area contributed by atoms with Crippen molar-refractivity contribution in [2.75, 3.05) is 19.0 Å². The van der Waals surface area contributed by atoms with E-state index in [9.17, 15) is 0 Å². The fourth-order valence-electron chi connectivity index (χ4n) is 2.21. The predicted octanol–water partition coefficient (Wildman–Crippen LogP) is 1.37. The third-order valence-electron chi connectivity index (χ3n) is 3.27. The summed E-state index contributed by atoms with van der Waals surface area (Å²) in [6.07, 6.45) is 5.09. The van der Waals surface area contributed by atoms with Gasteiger partial charge < -0.3 is 19.6 Å². The molecule has 2 N–H and O–H groups in total. The molecule has 0 aromatic carbocycles. The molecule has 0 bridgehead atoms. The Balaban J connectivity index is 1.81. The Morgan fingerprint density at radius 2 is 2.33 bits per heavy atom. The van der Waals surface area contributed by atoms with Crippen LogP contribution in [0, 0.1) is 0 Å². The van der Waals surface area contributed by atoms with Crippen LogP contribution in [0.15, 0.2) is 24.9 Å². The van der Waals surface area contributed by atoms with Crippen molar-refractivity contribution in [3.63, 3.8) is 0 Å². The minimum absolute atomic E-state index is 0.0363. The van der Waals surface area contributed by atoms with Gasteiger partial charge in [-0.15, -0.1) is 10.2 Å². The van der Waals surface area contributed by atoms with Gasteiger partial charge in [0.05, 0.1) is 18.2 Å². The molecule has 0 saturated heterocycles. The van der Waals surface area contributed by atoms with Crippen LogP contribution in [0.5, 0.6) is 0 Å². The first-order valence-corrected chi connectivity index (χ1v) is 6.71. The summed E-state index contributed by atoms with van der Waals surface area (Å²) in [5, 5.41) is 11.5. The molecule has 8 heteroatoms. The summed E-state index contributed by atoms with van der Waals surface area (Å²) in [6, 6.07) is 1.87. The van der Waals surface area contributed by atoms with Gasteiger partial charge in [-0.25, -0.2) is 9.97 Å². The highest BCUT2D eigenvalue weighted by molar-refractivity contribution is 5.85. The molecule has 1 unspecified atom stereocenters. The lowest BCUT2D eigenvalue weighted by Crippen LogP contribution is -2.16. The molecular formula is C13H17N7O. The van der Waals surface area contributed by atoms with Gasteiger partial charge in [-0.05, 0) is 13.0 Å². The molecule has 0 spiro atoms. The monoisotopic (exact) mass is 287 g/mol. The van der Waals surface area contributed by atoms with Gasteiger partial charge in [0.15, 0.2) is 11.6 Å². The quantitative estimate of drug-likeness (QED) is 0.711. The van der Waals surface area contributed by atoms with E-state index in [1.165, 1.54) is 0 Å². The van der Waals surface area contributed by atoms with Crippen LogP contribution < -0.4 is 5.32 Å². The number of fused-ring (bicyclic) bond motifs is 1. The summed E-state index contributed by atoms with van der Waals surface area (Å²) in [5.74, 6) is 1.59. The summed E-state index contributed by atoms with van der Waals surface area (Å²) >= 11 is 0. The van der Waals surface area contributed by atoms with Crippen LogP contribution in [0.3, 0.4) is 0 Å². The molecule has 3 rings (SSSR count). The standard InChI is InChI=1S/C13H17N7O/c1-9(13-19-17-8-20(13)5-6-21-2)18-12-11-10(3-4-14-11)15-7-16-12/h3-4,7-9,14H,5-6H2,1-2H3,(H,15,16,18). The molecule has 0 radical (unpaired) electrons. The summed E-state index contributed by atoms with van der Waals surface area (Å²) < 4.78 is 7.06. The molecule has 3 aromatic heterocycles. The number of rotatable bonds is 6. The average Bonchev–Trinajstić information content (AvgIpc) is 3.14. The molecule has 21 heavy (non-hydrogen) atoms. The summed E-state index contributed by atoms with van der Waals surface area (Å²) in [4.78, 5) is 11.6. The molecule has 0 aliphatic heterocycles. The lowest BCUT2D eigenvalue weighted by molar-refractivity contribution is 0.186. The van der Waals surface area contributed by atoms with Gasteiger partial charge in [0.2, 0.25) is 0 Å². The van der Waals surface area contributed by atoms with Crippen LogP contribution in [-0.4, -0.2) is 43.4 Å². The molecule has 0 amide bonds. The molecule has 0 saturated carbocycles. The van der Waals surface area contributed by atoms with Crippen molar-refractivity contribution in [1.82, 2.24) is 29.7 Å². The van der Waals surface area contributed by atoms with E-state index in [-0.39, 0.29) is 6.04 Å². The minimum atomic E-state index is -0.0363. The molecule has 1 atom stereocenters. The normalized spacial score (nSPS) is 12.7. The van der Waals surface area contributed by atoms with Crippen molar-refractivity contribution in [1.29, 1.82) is 0 Å².